The van der Waals surface area contributed by atoms with Crippen molar-refractivity contribution in [1.82, 2.24) is 15.3 Å². The van der Waals surface area contributed by atoms with Crippen LogP contribution in [0.1, 0.15) is 48.7 Å². The molecule has 4 nitrogen and oxygen atoms in total. The number of aryl methyl sites for hydroxylation is 1. The molecule has 2 rings (SSSR count). The molecule has 0 atom stereocenters. The molecule has 0 saturated heterocycles. The van der Waals surface area contributed by atoms with Crippen molar-refractivity contribution in [1.29, 1.82) is 0 Å². The van der Waals surface area contributed by atoms with Crippen molar-refractivity contribution in [2.45, 2.75) is 45.1 Å². The fraction of sp³-hybridized carbons (Fsp3) is 0.667. The quantitative estimate of drug-likeness (QED) is 0.812. The van der Waals surface area contributed by atoms with E-state index in [1.54, 1.807) is 0 Å². The molecule has 0 bridgehead atoms. The van der Waals surface area contributed by atoms with Crippen LogP contribution in [0.2, 0.25) is 0 Å². The van der Waals surface area contributed by atoms with Gasteiger partial charge < -0.3 is 10.3 Å². The van der Waals surface area contributed by atoms with Gasteiger partial charge in [-0.15, -0.1) is 0 Å². The number of nitrogens with zero attached hydrogens (tertiary/aromatic N) is 1. The van der Waals surface area contributed by atoms with Crippen LogP contribution in [0.5, 0.6) is 0 Å². The van der Waals surface area contributed by atoms with Crippen LogP contribution in [-0.4, -0.2) is 17.0 Å². The van der Waals surface area contributed by atoms with E-state index in [-0.39, 0.29) is 5.56 Å². The molecule has 1 saturated carbocycles. The van der Waals surface area contributed by atoms with Gasteiger partial charge in [0.25, 0.3) is 5.56 Å². The van der Waals surface area contributed by atoms with Crippen molar-refractivity contribution in [3.05, 3.63) is 27.4 Å². The molecule has 1 heterocycles. The van der Waals surface area contributed by atoms with E-state index in [2.05, 4.69) is 15.3 Å². The lowest BCUT2D eigenvalue weighted by Gasteiger charge is -2.11. The van der Waals surface area contributed by atoms with Gasteiger partial charge in [0.1, 0.15) is 5.82 Å². The second-order valence-corrected chi connectivity index (χ2v) is 4.53. The van der Waals surface area contributed by atoms with E-state index in [0.717, 1.165) is 29.9 Å². The molecule has 1 aliphatic carbocycles. The maximum atomic E-state index is 11.9. The van der Waals surface area contributed by atoms with E-state index in [0.29, 0.717) is 12.5 Å². The summed E-state index contributed by atoms with van der Waals surface area (Å²) in [5.74, 6) is 1.36. The van der Waals surface area contributed by atoms with Gasteiger partial charge in [0.05, 0.1) is 5.56 Å². The summed E-state index contributed by atoms with van der Waals surface area (Å²) < 4.78 is 0. The number of aromatic amines is 1. The Kier molecular flexibility index (Phi) is 3.39. The van der Waals surface area contributed by atoms with Crippen LogP contribution < -0.4 is 10.9 Å². The minimum absolute atomic E-state index is 0.0174. The van der Waals surface area contributed by atoms with E-state index in [9.17, 15) is 4.79 Å². The van der Waals surface area contributed by atoms with Gasteiger partial charge in [0.15, 0.2) is 0 Å². The van der Waals surface area contributed by atoms with Gasteiger partial charge in [-0.25, -0.2) is 4.98 Å². The smallest absolute Gasteiger partial charge is 0.255 e. The lowest BCUT2D eigenvalue weighted by molar-refractivity contribution is 0.651. The molecule has 4 heteroatoms. The second-order valence-electron chi connectivity index (χ2n) is 4.53. The Morgan fingerprint density at radius 3 is 2.69 bits per heavy atom. The van der Waals surface area contributed by atoms with E-state index < -0.39 is 0 Å². The molecule has 0 spiro atoms. The van der Waals surface area contributed by atoms with Crippen LogP contribution in [0.3, 0.4) is 0 Å². The van der Waals surface area contributed by atoms with Crippen molar-refractivity contribution in [2.24, 2.45) is 0 Å². The summed E-state index contributed by atoms with van der Waals surface area (Å²) in [6.07, 6.45) is 4.83. The number of rotatable bonds is 3. The van der Waals surface area contributed by atoms with Crippen LogP contribution in [0.25, 0.3) is 0 Å². The topological polar surface area (TPSA) is 57.8 Å². The van der Waals surface area contributed by atoms with Crippen LogP contribution in [0, 0.1) is 6.92 Å². The summed E-state index contributed by atoms with van der Waals surface area (Å²) in [6.45, 7) is 2.50. The van der Waals surface area contributed by atoms with Crippen LogP contribution in [0.15, 0.2) is 4.79 Å². The largest absolute Gasteiger partial charge is 0.315 e. The summed E-state index contributed by atoms with van der Waals surface area (Å²) in [6, 6.07) is 0. The Hall–Kier alpha value is -1.16. The van der Waals surface area contributed by atoms with Gasteiger partial charge in [-0.2, -0.15) is 0 Å². The maximum Gasteiger partial charge on any atom is 0.255 e. The zero-order valence-electron chi connectivity index (χ0n) is 9.97. The Bertz CT molecular complexity index is 419. The van der Waals surface area contributed by atoms with Gasteiger partial charge >= 0.3 is 0 Å². The number of hydrogen-bond acceptors (Lipinski definition) is 3. The lowest BCUT2D eigenvalue weighted by atomic mass is 10.1. The molecule has 0 amide bonds. The highest BCUT2D eigenvalue weighted by Crippen LogP contribution is 2.31. The van der Waals surface area contributed by atoms with E-state index >= 15 is 0 Å². The number of aromatic nitrogens is 2. The molecule has 1 aromatic heterocycles. The Balaban J connectivity index is 2.32. The van der Waals surface area contributed by atoms with Gasteiger partial charge in [0.2, 0.25) is 0 Å². The highest BCUT2D eigenvalue weighted by atomic mass is 16.1. The minimum atomic E-state index is 0.0174. The number of nitrogens with one attached hydrogen (secondary N) is 2. The van der Waals surface area contributed by atoms with Crippen molar-refractivity contribution < 1.29 is 0 Å². The summed E-state index contributed by atoms with van der Waals surface area (Å²) in [5.41, 5.74) is 1.63. The summed E-state index contributed by atoms with van der Waals surface area (Å²) in [5, 5.41) is 2.99. The first-order chi connectivity index (χ1) is 7.72. The molecule has 1 aliphatic rings. The molecular weight excluding hydrogens is 202 g/mol. The third-order valence-electron chi connectivity index (χ3n) is 3.34. The van der Waals surface area contributed by atoms with Gasteiger partial charge in [0, 0.05) is 18.2 Å². The average Bonchev–Trinajstić information content (AvgIpc) is 2.76. The Morgan fingerprint density at radius 2 is 2.12 bits per heavy atom. The second kappa shape index (κ2) is 4.78. The van der Waals surface area contributed by atoms with Gasteiger partial charge in [-0.1, -0.05) is 12.8 Å². The van der Waals surface area contributed by atoms with Crippen LogP contribution in [0.4, 0.5) is 0 Å². The van der Waals surface area contributed by atoms with Gasteiger partial charge in [-0.05, 0) is 26.8 Å². The van der Waals surface area contributed by atoms with Crippen molar-refractivity contribution >= 4 is 0 Å². The molecule has 0 aromatic carbocycles. The highest BCUT2D eigenvalue weighted by Gasteiger charge is 2.20. The SMILES string of the molecule is CNCc1c(C)nc(C2CCCC2)[nH]c1=O. The molecule has 0 radical (unpaired) electrons. The molecular formula is C12H19N3O. The number of hydrogen-bond donors (Lipinski definition) is 2. The molecule has 0 aliphatic heterocycles. The standard InChI is InChI=1S/C12H19N3O/c1-8-10(7-13-2)12(16)15-11(14-8)9-5-3-4-6-9/h9,13H,3-7H2,1-2H3,(H,14,15,16). The third kappa shape index (κ3) is 2.16. The van der Waals surface area contributed by atoms with E-state index in [1.807, 2.05) is 14.0 Å². The zero-order valence-corrected chi connectivity index (χ0v) is 9.97. The molecule has 2 N–H and O–H groups in total. The minimum Gasteiger partial charge on any atom is -0.315 e. The fourth-order valence-corrected chi connectivity index (χ4v) is 2.41. The van der Waals surface area contributed by atoms with Crippen molar-refractivity contribution in [3.63, 3.8) is 0 Å². The summed E-state index contributed by atoms with van der Waals surface area (Å²) >= 11 is 0. The molecule has 88 valence electrons. The monoisotopic (exact) mass is 221 g/mol. The predicted octanol–water partition coefficient (Wildman–Crippen LogP) is 1.46. The first-order valence-electron chi connectivity index (χ1n) is 5.96. The summed E-state index contributed by atoms with van der Waals surface area (Å²) in [7, 11) is 1.84. The lowest BCUT2D eigenvalue weighted by Crippen LogP contribution is -2.23. The summed E-state index contributed by atoms with van der Waals surface area (Å²) in [4.78, 5) is 19.3. The van der Waals surface area contributed by atoms with Gasteiger partial charge in [-0.3, -0.25) is 4.79 Å². The van der Waals surface area contributed by atoms with Crippen LogP contribution in [-0.2, 0) is 6.54 Å². The molecule has 16 heavy (non-hydrogen) atoms. The molecule has 0 unspecified atom stereocenters. The normalized spacial score (nSPS) is 16.9. The third-order valence-corrected chi connectivity index (χ3v) is 3.34. The Labute approximate surface area is 95.5 Å². The predicted molar refractivity (Wildman–Crippen MR) is 63.6 cm³/mol. The highest BCUT2D eigenvalue weighted by molar-refractivity contribution is 5.17. The average molecular weight is 221 g/mol. The molecule has 1 fully saturated rings. The number of H-pyrrole nitrogens is 1. The molecule has 1 aromatic rings. The zero-order chi connectivity index (χ0) is 11.5. The van der Waals surface area contributed by atoms with E-state index in [1.165, 1.54) is 12.8 Å². The maximum absolute atomic E-state index is 11.9. The van der Waals surface area contributed by atoms with Crippen LogP contribution >= 0.6 is 0 Å². The van der Waals surface area contributed by atoms with Crippen molar-refractivity contribution in [2.75, 3.05) is 7.05 Å². The Morgan fingerprint density at radius 1 is 1.44 bits per heavy atom. The first-order valence-corrected chi connectivity index (χ1v) is 5.96. The first kappa shape index (κ1) is 11.3. The van der Waals surface area contributed by atoms with E-state index in [4.69, 9.17) is 0 Å². The fourth-order valence-electron chi connectivity index (χ4n) is 2.41. The van der Waals surface area contributed by atoms with Crippen molar-refractivity contribution in [3.8, 4) is 0 Å².